The molecule has 1 saturated heterocycles. The summed E-state index contributed by atoms with van der Waals surface area (Å²) >= 11 is 0. The molecule has 1 aromatic rings. The van der Waals surface area contributed by atoms with Crippen LogP contribution in [-0.2, 0) is 0 Å². The van der Waals surface area contributed by atoms with Crippen molar-refractivity contribution in [3.05, 3.63) is 23.8 Å². The topological polar surface area (TPSA) is 38.8 Å². The van der Waals surface area contributed by atoms with Crippen molar-refractivity contribution >= 4 is 6.29 Å². The fourth-order valence-corrected chi connectivity index (χ4v) is 2.22. The lowest BCUT2D eigenvalue weighted by molar-refractivity contribution is 0.108. The molecule has 4 heteroatoms. The Labute approximate surface area is 107 Å². The van der Waals surface area contributed by atoms with Gasteiger partial charge in [0.2, 0.25) is 0 Å². The molecule has 0 radical (unpaired) electrons. The van der Waals surface area contributed by atoms with Crippen molar-refractivity contribution in [1.29, 1.82) is 0 Å². The zero-order valence-electron chi connectivity index (χ0n) is 10.9. The van der Waals surface area contributed by atoms with E-state index in [1.54, 1.807) is 13.2 Å². The van der Waals surface area contributed by atoms with E-state index in [4.69, 9.17) is 9.47 Å². The van der Waals surface area contributed by atoms with Crippen molar-refractivity contribution < 1.29 is 14.3 Å². The molecular weight excluding hydrogens is 230 g/mol. The Morgan fingerprint density at radius 2 is 2.06 bits per heavy atom. The van der Waals surface area contributed by atoms with Crippen LogP contribution in [0.2, 0.25) is 0 Å². The van der Waals surface area contributed by atoms with Gasteiger partial charge in [-0.15, -0.1) is 0 Å². The van der Waals surface area contributed by atoms with Crippen LogP contribution in [0.3, 0.4) is 0 Å². The van der Waals surface area contributed by atoms with Crippen LogP contribution in [0.25, 0.3) is 0 Å². The molecule has 0 bridgehead atoms. The summed E-state index contributed by atoms with van der Waals surface area (Å²) in [6.45, 7) is 2.08. The van der Waals surface area contributed by atoms with Gasteiger partial charge in [-0.05, 0) is 32.0 Å². The van der Waals surface area contributed by atoms with E-state index in [-0.39, 0.29) is 6.10 Å². The van der Waals surface area contributed by atoms with E-state index in [1.807, 2.05) is 12.1 Å². The quantitative estimate of drug-likeness (QED) is 0.765. The first-order valence-electron chi connectivity index (χ1n) is 6.22. The summed E-state index contributed by atoms with van der Waals surface area (Å²) in [4.78, 5) is 13.2. The summed E-state index contributed by atoms with van der Waals surface area (Å²) in [7, 11) is 3.67. The molecule has 0 saturated carbocycles. The second kappa shape index (κ2) is 5.87. The molecule has 0 aliphatic carbocycles. The van der Waals surface area contributed by atoms with Crippen LogP contribution in [0.5, 0.6) is 11.5 Å². The molecule has 98 valence electrons. The molecule has 0 N–H and O–H groups in total. The predicted molar refractivity (Wildman–Crippen MR) is 69.5 cm³/mol. The van der Waals surface area contributed by atoms with Gasteiger partial charge in [-0.25, -0.2) is 0 Å². The third-order valence-electron chi connectivity index (χ3n) is 3.30. The molecule has 0 aromatic heterocycles. The average Bonchev–Trinajstić information content (AvgIpc) is 2.41. The third-order valence-corrected chi connectivity index (χ3v) is 3.30. The van der Waals surface area contributed by atoms with E-state index in [2.05, 4.69) is 11.9 Å². The minimum Gasteiger partial charge on any atom is -0.492 e. The maximum atomic E-state index is 10.9. The normalized spacial score (nSPS) is 17.4. The lowest BCUT2D eigenvalue weighted by Gasteiger charge is -2.29. The number of carbonyl (C=O) groups is 1. The molecule has 1 fully saturated rings. The van der Waals surface area contributed by atoms with Crippen LogP contribution in [-0.4, -0.2) is 44.5 Å². The number of ether oxygens (including phenoxy) is 2. The van der Waals surface area contributed by atoms with Crippen molar-refractivity contribution in [1.82, 2.24) is 4.90 Å². The van der Waals surface area contributed by atoms with Gasteiger partial charge >= 0.3 is 0 Å². The Kier molecular flexibility index (Phi) is 4.20. The van der Waals surface area contributed by atoms with Crippen molar-refractivity contribution in [3.63, 3.8) is 0 Å². The average molecular weight is 249 g/mol. The number of hydrogen-bond donors (Lipinski definition) is 0. The van der Waals surface area contributed by atoms with E-state index in [0.29, 0.717) is 17.1 Å². The van der Waals surface area contributed by atoms with Crippen molar-refractivity contribution in [2.24, 2.45) is 0 Å². The molecule has 0 unspecified atom stereocenters. The zero-order valence-corrected chi connectivity index (χ0v) is 10.9. The van der Waals surface area contributed by atoms with Crippen LogP contribution >= 0.6 is 0 Å². The Morgan fingerprint density at radius 3 is 2.67 bits per heavy atom. The van der Waals surface area contributed by atoms with E-state index in [9.17, 15) is 4.79 Å². The summed E-state index contributed by atoms with van der Waals surface area (Å²) < 4.78 is 11.2. The van der Waals surface area contributed by atoms with Gasteiger partial charge in [0.1, 0.15) is 6.10 Å². The summed E-state index contributed by atoms with van der Waals surface area (Å²) in [5.41, 5.74) is 0.530. The summed E-state index contributed by atoms with van der Waals surface area (Å²) in [6, 6.07) is 5.40. The number of aldehydes is 1. The van der Waals surface area contributed by atoms with Gasteiger partial charge in [0, 0.05) is 13.1 Å². The third kappa shape index (κ3) is 2.82. The number of para-hydroxylation sites is 1. The van der Waals surface area contributed by atoms with E-state index in [1.165, 1.54) is 0 Å². The number of nitrogens with zero attached hydrogens (tertiary/aromatic N) is 1. The number of piperidine rings is 1. The maximum absolute atomic E-state index is 10.9. The molecule has 1 aromatic carbocycles. The minimum absolute atomic E-state index is 0.206. The van der Waals surface area contributed by atoms with Crippen molar-refractivity contribution in [2.45, 2.75) is 18.9 Å². The van der Waals surface area contributed by atoms with Crippen LogP contribution in [0.1, 0.15) is 23.2 Å². The standard InChI is InChI=1S/C14H19NO3/c1-15-8-6-12(7-9-15)18-13-5-3-4-11(10-16)14(13)17-2/h3-5,10,12H,6-9H2,1-2H3. The van der Waals surface area contributed by atoms with Gasteiger partial charge in [0.25, 0.3) is 0 Å². The Morgan fingerprint density at radius 1 is 1.33 bits per heavy atom. The van der Waals surface area contributed by atoms with Gasteiger partial charge < -0.3 is 14.4 Å². The lowest BCUT2D eigenvalue weighted by Crippen LogP contribution is -2.35. The first-order valence-corrected chi connectivity index (χ1v) is 6.22. The second-order valence-corrected chi connectivity index (χ2v) is 4.62. The number of carbonyl (C=O) groups excluding carboxylic acids is 1. The van der Waals surface area contributed by atoms with Gasteiger partial charge in [-0.1, -0.05) is 6.07 Å². The van der Waals surface area contributed by atoms with Crippen LogP contribution in [0.4, 0.5) is 0 Å². The fourth-order valence-electron chi connectivity index (χ4n) is 2.22. The fraction of sp³-hybridized carbons (Fsp3) is 0.500. The van der Waals surface area contributed by atoms with E-state index < -0.39 is 0 Å². The Balaban J connectivity index is 2.11. The minimum atomic E-state index is 0.206. The SMILES string of the molecule is COc1c(C=O)cccc1OC1CCN(C)CC1. The van der Waals surface area contributed by atoms with E-state index in [0.717, 1.165) is 32.2 Å². The Hall–Kier alpha value is -1.55. The van der Waals surface area contributed by atoms with Crippen LogP contribution in [0.15, 0.2) is 18.2 Å². The largest absolute Gasteiger partial charge is 0.492 e. The number of likely N-dealkylation sites (tertiary alicyclic amines) is 1. The lowest BCUT2D eigenvalue weighted by atomic mass is 10.1. The molecule has 0 atom stereocenters. The summed E-state index contributed by atoms with van der Waals surface area (Å²) in [6.07, 6.45) is 3.01. The molecule has 1 heterocycles. The van der Waals surface area contributed by atoms with Gasteiger partial charge in [-0.3, -0.25) is 4.79 Å². The molecule has 0 amide bonds. The number of benzene rings is 1. The molecule has 1 aliphatic heterocycles. The zero-order chi connectivity index (χ0) is 13.0. The molecule has 4 nitrogen and oxygen atoms in total. The number of methoxy groups -OCH3 is 1. The first kappa shape index (κ1) is 12.9. The smallest absolute Gasteiger partial charge is 0.171 e. The highest BCUT2D eigenvalue weighted by Gasteiger charge is 2.20. The Bertz CT molecular complexity index is 412. The number of hydrogen-bond acceptors (Lipinski definition) is 4. The monoisotopic (exact) mass is 249 g/mol. The summed E-state index contributed by atoms with van der Waals surface area (Å²) in [5, 5.41) is 0. The first-order chi connectivity index (χ1) is 8.74. The highest BCUT2D eigenvalue weighted by molar-refractivity contribution is 5.81. The van der Waals surface area contributed by atoms with E-state index >= 15 is 0 Å². The van der Waals surface area contributed by atoms with Gasteiger partial charge in [-0.2, -0.15) is 0 Å². The molecule has 18 heavy (non-hydrogen) atoms. The van der Waals surface area contributed by atoms with Crippen LogP contribution in [0, 0.1) is 0 Å². The second-order valence-electron chi connectivity index (χ2n) is 4.62. The number of rotatable bonds is 4. The van der Waals surface area contributed by atoms with Crippen molar-refractivity contribution in [3.8, 4) is 11.5 Å². The highest BCUT2D eigenvalue weighted by atomic mass is 16.5. The molecule has 1 aliphatic rings. The molecule has 2 rings (SSSR count). The molecular formula is C14H19NO3. The van der Waals surface area contributed by atoms with Gasteiger partial charge in [0.15, 0.2) is 17.8 Å². The van der Waals surface area contributed by atoms with Crippen molar-refractivity contribution in [2.75, 3.05) is 27.2 Å². The highest BCUT2D eigenvalue weighted by Crippen LogP contribution is 2.32. The van der Waals surface area contributed by atoms with Crippen LogP contribution < -0.4 is 9.47 Å². The van der Waals surface area contributed by atoms with Gasteiger partial charge in [0.05, 0.1) is 12.7 Å². The maximum Gasteiger partial charge on any atom is 0.171 e. The predicted octanol–water partition coefficient (Wildman–Crippen LogP) is 1.98. The molecule has 0 spiro atoms. The summed E-state index contributed by atoms with van der Waals surface area (Å²) in [5.74, 6) is 1.20.